The molecule has 0 amide bonds. The average Bonchev–Trinajstić information content (AvgIpc) is 1.61. The Morgan fingerprint density at radius 3 is 2.50 bits per heavy atom. The molecule has 0 rings (SSSR count). The average molecular weight is 86.1 g/mol. The summed E-state index contributed by atoms with van der Waals surface area (Å²) in [6.07, 6.45) is 3.38. The second-order valence-corrected chi connectivity index (χ2v) is 0.770. The zero-order chi connectivity index (χ0) is 4.83. The van der Waals surface area contributed by atoms with E-state index in [-0.39, 0.29) is 0 Å². The van der Waals surface area contributed by atoms with E-state index in [0.29, 0.717) is 0 Å². The van der Waals surface area contributed by atoms with Gasteiger partial charge in [-0.15, -0.1) is 5.48 Å². The van der Waals surface area contributed by atoms with Crippen molar-refractivity contribution in [3.8, 4) is 0 Å². The van der Waals surface area contributed by atoms with Crippen LogP contribution in [0.25, 0.3) is 0 Å². The molecule has 0 aliphatic carbocycles. The summed E-state index contributed by atoms with van der Waals surface area (Å²) in [5.74, 6) is 0. The van der Waals surface area contributed by atoms with Gasteiger partial charge in [0.15, 0.2) is 0 Å². The van der Waals surface area contributed by atoms with Crippen LogP contribution < -0.4 is 5.48 Å². The van der Waals surface area contributed by atoms with Gasteiger partial charge in [0.1, 0.15) is 0 Å². The summed E-state index contributed by atoms with van der Waals surface area (Å²) in [5.41, 5.74) is 3.41. The van der Waals surface area contributed by atoms with E-state index in [9.17, 15) is 0 Å². The number of hydrogen-bond donors (Lipinski definition) is 0. The van der Waals surface area contributed by atoms with Crippen LogP contribution in [0, 0.1) is 0 Å². The van der Waals surface area contributed by atoms with E-state index in [1.807, 2.05) is 6.92 Å². The molecule has 0 N–H and O–H groups in total. The van der Waals surface area contributed by atoms with Crippen molar-refractivity contribution >= 4 is 0 Å². The molecule has 0 fully saturated rings. The van der Waals surface area contributed by atoms with Crippen LogP contribution in [0.3, 0.4) is 0 Å². The highest BCUT2D eigenvalue weighted by Crippen LogP contribution is 1.62. The van der Waals surface area contributed by atoms with Crippen molar-refractivity contribution in [2.24, 2.45) is 0 Å². The molecule has 2 heteroatoms. The third kappa shape index (κ3) is 3.50. The monoisotopic (exact) mass is 86.1 g/mol. The SMILES string of the molecule is C/C=C\[N]OC. The Morgan fingerprint density at radius 2 is 2.33 bits per heavy atom. The van der Waals surface area contributed by atoms with Crippen molar-refractivity contribution in [1.82, 2.24) is 5.48 Å². The standard InChI is InChI=1S/C4H8NO/c1-3-4-5-6-2/h3-4H,1-2H3/b4-3-. The van der Waals surface area contributed by atoms with Gasteiger partial charge in [0, 0.05) is 0 Å². The second kappa shape index (κ2) is 4.50. The molecule has 0 aromatic heterocycles. The van der Waals surface area contributed by atoms with Gasteiger partial charge in [-0.3, -0.25) is 4.84 Å². The van der Waals surface area contributed by atoms with Gasteiger partial charge in [-0.25, -0.2) is 0 Å². The maximum absolute atomic E-state index is 4.32. The molecule has 0 saturated heterocycles. The zero-order valence-corrected chi connectivity index (χ0v) is 4.01. The van der Waals surface area contributed by atoms with Crippen molar-refractivity contribution in [2.75, 3.05) is 7.11 Å². The van der Waals surface area contributed by atoms with Crippen LogP contribution in [0.4, 0.5) is 0 Å². The first kappa shape index (κ1) is 5.50. The molecule has 0 saturated carbocycles. The molecule has 35 valence electrons. The third-order valence-corrected chi connectivity index (χ3v) is 0.315. The smallest absolute Gasteiger partial charge is 0.0661 e. The Morgan fingerprint density at radius 1 is 1.67 bits per heavy atom. The van der Waals surface area contributed by atoms with Crippen molar-refractivity contribution in [3.63, 3.8) is 0 Å². The molecule has 0 unspecified atom stereocenters. The summed E-state index contributed by atoms with van der Waals surface area (Å²) >= 11 is 0. The summed E-state index contributed by atoms with van der Waals surface area (Å²) in [6, 6.07) is 0. The minimum absolute atomic E-state index is 1.51. The molecule has 0 aliphatic heterocycles. The van der Waals surface area contributed by atoms with Crippen LogP contribution in [-0.4, -0.2) is 7.11 Å². The molecule has 2 nitrogen and oxygen atoms in total. The third-order valence-electron chi connectivity index (χ3n) is 0.315. The van der Waals surface area contributed by atoms with Crippen molar-refractivity contribution in [3.05, 3.63) is 12.3 Å². The summed E-state index contributed by atoms with van der Waals surface area (Å²) in [4.78, 5) is 4.32. The van der Waals surface area contributed by atoms with Crippen LogP contribution >= 0.6 is 0 Å². The van der Waals surface area contributed by atoms with E-state index in [0.717, 1.165) is 0 Å². The number of rotatable bonds is 2. The van der Waals surface area contributed by atoms with Gasteiger partial charge in [0.25, 0.3) is 0 Å². The van der Waals surface area contributed by atoms with Gasteiger partial charge >= 0.3 is 0 Å². The van der Waals surface area contributed by atoms with Gasteiger partial charge in [-0.05, 0) is 6.92 Å². The molecule has 0 aromatic carbocycles. The number of hydrogen-bond acceptors (Lipinski definition) is 1. The fraction of sp³-hybridized carbons (Fsp3) is 0.500. The minimum atomic E-state index is 1.51. The van der Waals surface area contributed by atoms with Gasteiger partial charge in [0.05, 0.1) is 13.3 Å². The van der Waals surface area contributed by atoms with Gasteiger partial charge in [-0.1, -0.05) is 6.08 Å². The van der Waals surface area contributed by atoms with Crippen molar-refractivity contribution in [2.45, 2.75) is 6.92 Å². The van der Waals surface area contributed by atoms with Crippen molar-refractivity contribution < 1.29 is 4.84 Å². The maximum Gasteiger partial charge on any atom is 0.0661 e. The van der Waals surface area contributed by atoms with E-state index in [2.05, 4.69) is 10.3 Å². The molecule has 0 heterocycles. The summed E-state index contributed by atoms with van der Waals surface area (Å²) in [7, 11) is 1.51. The van der Waals surface area contributed by atoms with E-state index in [1.54, 1.807) is 12.3 Å². The fourth-order valence-electron chi connectivity index (χ4n) is 0.122. The summed E-state index contributed by atoms with van der Waals surface area (Å²) in [6.45, 7) is 1.88. The van der Waals surface area contributed by atoms with Crippen LogP contribution in [-0.2, 0) is 4.84 Å². The Labute approximate surface area is 37.8 Å². The lowest BCUT2D eigenvalue weighted by molar-refractivity contribution is 0.119. The molecule has 0 spiro atoms. The van der Waals surface area contributed by atoms with E-state index in [4.69, 9.17) is 0 Å². The van der Waals surface area contributed by atoms with E-state index < -0.39 is 0 Å². The first-order valence-electron chi connectivity index (χ1n) is 1.76. The fourth-order valence-corrected chi connectivity index (χ4v) is 0.122. The largest absolute Gasteiger partial charge is 0.256 e. The number of nitrogens with zero attached hydrogens (tertiary/aromatic N) is 1. The number of allylic oxidation sites excluding steroid dienone is 1. The minimum Gasteiger partial charge on any atom is -0.256 e. The quantitative estimate of drug-likeness (QED) is 0.453. The topological polar surface area (TPSA) is 23.3 Å². The lowest BCUT2D eigenvalue weighted by Crippen LogP contribution is -1.88. The summed E-state index contributed by atoms with van der Waals surface area (Å²) in [5, 5.41) is 0. The van der Waals surface area contributed by atoms with Crippen LogP contribution in [0.15, 0.2) is 12.3 Å². The summed E-state index contributed by atoms with van der Waals surface area (Å²) < 4.78 is 0. The number of hydroxylamine groups is 1. The second-order valence-electron chi connectivity index (χ2n) is 0.770. The molecule has 0 aromatic rings. The lowest BCUT2D eigenvalue weighted by atomic mass is 10.7. The van der Waals surface area contributed by atoms with E-state index >= 15 is 0 Å². The normalized spacial score (nSPS) is 9.67. The molecular formula is C4H8NO. The Hall–Kier alpha value is -0.500. The van der Waals surface area contributed by atoms with E-state index in [1.165, 1.54) is 7.11 Å². The Kier molecular flexibility index (Phi) is 4.12. The van der Waals surface area contributed by atoms with Gasteiger partial charge in [0.2, 0.25) is 0 Å². The Balaban J connectivity index is 2.66. The van der Waals surface area contributed by atoms with Gasteiger partial charge < -0.3 is 0 Å². The molecular weight excluding hydrogens is 78.0 g/mol. The molecule has 1 radical (unpaired) electrons. The van der Waals surface area contributed by atoms with Crippen molar-refractivity contribution in [1.29, 1.82) is 0 Å². The first-order chi connectivity index (χ1) is 2.91. The molecule has 6 heavy (non-hydrogen) atoms. The molecule has 0 aliphatic rings. The first-order valence-corrected chi connectivity index (χ1v) is 1.76. The van der Waals surface area contributed by atoms with Crippen LogP contribution in [0.2, 0.25) is 0 Å². The molecule has 0 atom stereocenters. The predicted octanol–water partition coefficient (Wildman–Crippen LogP) is 0.686. The van der Waals surface area contributed by atoms with Crippen LogP contribution in [0.5, 0.6) is 0 Å². The zero-order valence-electron chi connectivity index (χ0n) is 4.01. The maximum atomic E-state index is 4.32. The highest BCUT2D eigenvalue weighted by molar-refractivity contribution is 4.68. The highest BCUT2D eigenvalue weighted by atomic mass is 16.6. The Bertz CT molecular complexity index is 42.8. The highest BCUT2D eigenvalue weighted by Gasteiger charge is 1.61. The lowest BCUT2D eigenvalue weighted by Gasteiger charge is -1.81. The predicted molar refractivity (Wildman–Crippen MR) is 24.0 cm³/mol. The molecule has 0 bridgehead atoms. The van der Waals surface area contributed by atoms with Gasteiger partial charge in [-0.2, -0.15) is 0 Å². The van der Waals surface area contributed by atoms with Crippen LogP contribution in [0.1, 0.15) is 6.92 Å².